The molecule has 2 atom stereocenters. The van der Waals surface area contributed by atoms with Gasteiger partial charge in [0.25, 0.3) is 5.56 Å². The van der Waals surface area contributed by atoms with Gasteiger partial charge in [0.1, 0.15) is 6.61 Å². The minimum absolute atomic E-state index is 0.0356. The number of ether oxygens (including phenoxy) is 1. The molecule has 1 aromatic carbocycles. The summed E-state index contributed by atoms with van der Waals surface area (Å²) < 4.78 is 6.69. The van der Waals surface area contributed by atoms with Crippen molar-refractivity contribution < 1.29 is 24.5 Å². The van der Waals surface area contributed by atoms with Crippen LogP contribution in [0.5, 0.6) is 0 Å². The summed E-state index contributed by atoms with van der Waals surface area (Å²) >= 11 is 6.39. The lowest BCUT2D eigenvalue weighted by Crippen LogP contribution is -2.44. The molecule has 0 unspecified atom stereocenters. The van der Waals surface area contributed by atoms with E-state index in [9.17, 15) is 24.6 Å². The molecule has 3 aromatic rings. The molecule has 3 N–H and O–H groups in total. The summed E-state index contributed by atoms with van der Waals surface area (Å²) in [6, 6.07) is 5.30. The number of esters is 1. The first-order valence-electron chi connectivity index (χ1n) is 11.8. The molecule has 5 rings (SSSR count). The molecule has 0 bridgehead atoms. The molecule has 2 aliphatic heterocycles. The number of hydrogen-bond donors (Lipinski definition) is 3. The van der Waals surface area contributed by atoms with E-state index in [1.807, 2.05) is 13.0 Å². The van der Waals surface area contributed by atoms with E-state index in [0.717, 1.165) is 22.1 Å². The van der Waals surface area contributed by atoms with Crippen LogP contribution in [0.1, 0.15) is 54.5 Å². The SMILES string of the molecule is CC[C@@]1(O)C(=O)OCc2c1cc1n(c2=O)Cc2c-1nc1cc(Cl)c(C)cc1c2CNC(=O)C[C@H](C)O. The van der Waals surface area contributed by atoms with Crippen molar-refractivity contribution >= 4 is 34.4 Å². The Morgan fingerprint density at radius 1 is 1.31 bits per heavy atom. The predicted octanol–water partition coefficient (Wildman–Crippen LogP) is 2.43. The molecule has 188 valence electrons. The first-order chi connectivity index (χ1) is 17.0. The molecule has 0 spiro atoms. The minimum Gasteiger partial charge on any atom is -0.458 e. The van der Waals surface area contributed by atoms with Crippen molar-refractivity contribution in [2.45, 2.75) is 65.0 Å². The summed E-state index contributed by atoms with van der Waals surface area (Å²) in [6.07, 6.45) is -0.760. The molecule has 0 aliphatic carbocycles. The Labute approximate surface area is 211 Å². The molecule has 0 radical (unpaired) electrons. The van der Waals surface area contributed by atoms with Crippen LogP contribution >= 0.6 is 11.6 Å². The summed E-state index contributed by atoms with van der Waals surface area (Å²) in [5.74, 6) is -1.09. The molecular weight excluding hydrogens is 486 g/mol. The van der Waals surface area contributed by atoms with Crippen LogP contribution < -0.4 is 10.9 Å². The lowest BCUT2D eigenvalue weighted by Gasteiger charge is -2.31. The molecule has 9 nitrogen and oxygen atoms in total. The number of carbonyl (C=O) groups is 2. The number of aromatic nitrogens is 2. The minimum atomic E-state index is -1.92. The van der Waals surface area contributed by atoms with Gasteiger partial charge in [-0.1, -0.05) is 18.5 Å². The van der Waals surface area contributed by atoms with Crippen molar-refractivity contribution in [3.63, 3.8) is 0 Å². The number of pyridine rings is 2. The second-order valence-corrected chi connectivity index (χ2v) is 9.88. The summed E-state index contributed by atoms with van der Waals surface area (Å²) in [4.78, 5) is 43.1. The number of amides is 1. The van der Waals surface area contributed by atoms with E-state index in [-0.39, 0.29) is 55.1 Å². The van der Waals surface area contributed by atoms with E-state index < -0.39 is 17.7 Å². The molecule has 0 saturated carbocycles. The molecule has 1 amide bonds. The normalized spacial score (nSPS) is 18.9. The Kier molecular flexibility index (Phi) is 5.89. The highest BCUT2D eigenvalue weighted by atomic mass is 35.5. The van der Waals surface area contributed by atoms with Crippen molar-refractivity contribution in [1.29, 1.82) is 0 Å². The highest BCUT2D eigenvalue weighted by molar-refractivity contribution is 6.32. The predicted molar refractivity (Wildman–Crippen MR) is 132 cm³/mol. The molecule has 2 aliphatic rings. The van der Waals surface area contributed by atoms with Crippen molar-refractivity contribution in [2.75, 3.05) is 0 Å². The number of aryl methyl sites for hydroxylation is 1. The van der Waals surface area contributed by atoms with Crippen LogP contribution in [0.2, 0.25) is 5.02 Å². The Balaban J connectivity index is 1.72. The number of nitrogens with one attached hydrogen (secondary N) is 1. The number of hydrogen-bond acceptors (Lipinski definition) is 7. The first-order valence-corrected chi connectivity index (χ1v) is 12.2. The standard InChI is InChI=1S/C26H26ClN3O6/c1-4-26(35)18-7-21-23-16(10-30(21)24(33)17(18)11-36-25(26)34)15(9-28-22(32)6-13(3)31)14-5-12(2)19(27)8-20(14)29-23/h5,7-8,13,31,35H,4,6,9-11H2,1-3H3,(H,28,32)/t13-,26-/m0/s1. The third kappa shape index (κ3) is 3.70. The van der Waals surface area contributed by atoms with Crippen molar-refractivity contribution in [1.82, 2.24) is 14.9 Å². The number of benzene rings is 1. The van der Waals surface area contributed by atoms with E-state index in [1.165, 1.54) is 0 Å². The van der Waals surface area contributed by atoms with Gasteiger partial charge >= 0.3 is 5.97 Å². The average Bonchev–Trinajstić information content (AvgIpc) is 3.19. The molecule has 0 saturated heterocycles. The van der Waals surface area contributed by atoms with Crippen molar-refractivity contribution in [3.8, 4) is 11.4 Å². The number of nitrogens with zero attached hydrogens (tertiary/aromatic N) is 2. The highest BCUT2D eigenvalue weighted by Gasteiger charge is 2.45. The fourth-order valence-corrected chi connectivity index (χ4v) is 5.18. The Bertz CT molecular complexity index is 1510. The number of carbonyl (C=O) groups excluding carboxylic acids is 2. The summed E-state index contributed by atoms with van der Waals surface area (Å²) in [5.41, 5.74) is 2.18. The molecule has 4 heterocycles. The quantitative estimate of drug-likeness (QED) is 0.351. The smallest absolute Gasteiger partial charge is 0.343 e. The van der Waals surface area contributed by atoms with E-state index in [1.54, 1.807) is 30.5 Å². The fourth-order valence-electron chi connectivity index (χ4n) is 5.02. The van der Waals surface area contributed by atoms with Gasteiger partial charge in [0.15, 0.2) is 5.60 Å². The topological polar surface area (TPSA) is 131 Å². The number of aliphatic hydroxyl groups excluding tert-OH is 1. The third-order valence-electron chi connectivity index (χ3n) is 7.03. The van der Waals surface area contributed by atoms with Gasteiger partial charge in [-0.2, -0.15) is 0 Å². The maximum absolute atomic E-state index is 13.5. The van der Waals surface area contributed by atoms with Gasteiger partial charge in [0.05, 0.1) is 41.5 Å². The van der Waals surface area contributed by atoms with Crippen molar-refractivity contribution in [2.24, 2.45) is 0 Å². The van der Waals surface area contributed by atoms with E-state index in [0.29, 0.717) is 21.9 Å². The Morgan fingerprint density at radius 2 is 2.06 bits per heavy atom. The van der Waals surface area contributed by atoms with Crippen LogP contribution in [0.15, 0.2) is 23.0 Å². The largest absolute Gasteiger partial charge is 0.458 e. The molecular formula is C26H26ClN3O6. The zero-order valence-corrected chi connectivity index (χ0v) is 20.9. The number of cyclic esters (lactones) is 1. The van der Waals surface area contributed by atoms with Gasteiger partial charge in [-0.05, 0) is 49.6 Å². The second-order valence-electron chi connectivity index (χ2n) is 9.47. The fraction of sp³-hybridized carbons (Fsp3) is 0.385. The van der Waals surface area contributed by atoms with Gasteiger partial charge in [-0.3, -0.25) is 9.59 Å². The average molecular weight is 512 g/mol. The number of halogens is 1. The zero-order chi connectivity index (χ0) is 25.9. The van der Waals surface area contributed by atoms with Crippen molar-refractivity contribution in [3.05, 3.63) is 61.4 Å². The zero-order valence-electron chi connectivity index (χ0n) is 20.1. The van der Waals surface area contributed by atoms with E-state index in [4.69, 9.17) is 21.3 Å². The van der Waals surface area contributed by atoms with Crippen LogP contribution in [0, 0.1) is 6.92 Å². The number of aliphatic hydroxyl groups is 2. The number of fused-ring (bicyclic) bond motifs is 5. The van der Waals surface area contributed by atoms with Gasteiger partial charge < -0.3 is 24.8 Å². The monoisotopic (exact) mass is 511 g/mol. The molecule has 10 heteroatoms. The maximum atomic E-state index is 13.5. The van der Waals surface area contributed by atoms with Gasteiger partial charge in [-0.15, -0.1) is 0 Å². The maximum Gasteiger partial charge on any atom is 0.343 e. The van der Waals surface area contributed by atoms with Gasteiger partial charge in [-0.25, -0.2) is 9.78 Å². The lowest BCUT2D eigenvalue weighted by atomic mass is 9.86. The van der Waals surface area contributed by atoms with Crippen LogP contribution in [-0.4, -0.2) is 37.7 Å². The highest BCUT2D eigenvalue weighted by Crippen LogP contribution is 2.40. The molecule has 0 fully saturated rings. The summed E-state index contributed by atoms with van der Waals surface area (Å²) in [7, 11) is 0. The number of rotatable bonds is 5. The summed E-state index contributed by atoms with van der Waals surface area (Å²) in [6.45, 7) is 5.23. The van der Waals surface area contributed by atoms with Crippen LogP contribution in [0.4, 0.5) is 0 Å². The summed E-state index contributed by atoms with van der Waals surface area (Å²) in [5, 5.41) is 24.8. The third-order valence-corrected chi connectivity index (χ3v) is 7.44. The molecule has 2 aromatic heterocycles. The van der Waals surface area contributed by atoms with Gasteiger partial charge in [0.2, 0.25) is 5.91 Å². The van der Waals surface area contributed by atoms with Crippen LogP contribution in [-0.2, 0) is 39.6 Å². The van der Waals surface area contributed by atoms with Gasteiger partial charge in [0, 0.05) is 28.1 Å². The Morgan fingerprint density at radius 3 is 2.75 bits per heavy atom. The Hall–Kier alpha value is -3.27. The lowest BCUT2D eigenvalue weighted by molar-refractivity contribution is -0.172. The first kappa shape index (κ1) is 24.4. The van der Waals surface area contributed by atoms with Crippen LogP contribution in [0.3, 0.4) is 0 Å². The molecule has 36 heavy (non-hydrogen) atoms. The van der Waals surface area contributed by atoms with Crippen LogP contribution in [0.25, 0.3) is 22.3 Å². The van der Waals surface area contributed by atoms with E-state index in [2.05, 4.69) is 5.32 Å². The van der Waals surface area contributed by atoms with E-state index >= 15 is 0 Å². The second kappa shape index (κ2) is 8.69.